The van der Waals surface area contributed by atoms with Crippen molar-refractivity contribution in [2.45, 2.75) is 45.5 Å². The molecule has 1 aliphatic rings. The minimum Gasteiger partial charge on any atom is -0.444 e. The number of rotatable bonds is 1. The third kappa shape index (κ3) is 2.95. The van der Waals surface area contributed by atoms with Crippen LogP contribution in [0.2, 0.25) is 0 Å². The van der Waals surface area contributed by atoms with E-state index in [4.69, 9.17) is 4.74 Å². The number of ether oxygens (including phenoxy) is 1. The van der Waals surface area contributed by atoms with E-state index in [0.717, 1.165) is 11.3 Å². The van der Waals surface area contributed by atoms with Gasteiger partial charge in [-0.3, -0.25) is 4.90 Å². The number of aromatic nitrogens is 3. The monoisotopic (exact) mass is 300 g/mol. The van der Waals surface area contributed by atoms with Crippen LogP contribution in [-0.4, -0.2) is 31.6 Å². The van der Waals surface area contributed by atoms with Crippen molar-refractivity contribution in [3.05, 3.63) is 47.8 Å². The summed E-state index contributed by atoms with van der Waals surface area (Å²) in [7, 11) is 0. The molecule has 1 aromatic heterocycles. The van der Waals surface area contributed by atoms with Crippen molar-refractivity contribution in [2.75, 3.05) is 0 Å². The van der Waals surface area contributed by atoms with Gasteiger partial charge in [0.2, 0.25) is 0 Å². The van der Waals surface area contributed by atoms with Crippen LogP contribution in [0.25, 0.3) is 0 Å². The van der Waals surface area contributed by atoms with Crippen LogP contribution in [0.3, 0.4) is 0 Å². The van der Waals surface area contributed by atoms with Gasteiger partial charge >= 0.3 is 6.09 Å². The van der Waals surface area contributed by atoms with Gasteiger partial charge < -0.3 is 4.74 Å². The largest absolute Gasteiger partial charge is 0.444 e. The van der Waals surface area contributed by atoms with E-state index in [0.29, 0.717) is 13.1 Å². The molecule has 3 rings (SSSR count). The maximum atomic E-state index is 12.6. The predicted molar refractivity (Wildman–Crippen MR) is 81.0 cm³/mol. The van der Waals surface area contributed by atoms with Gasteiger partial charge in [0.15, 0.2) is 0 Å². The fraction of sp³-hybridized carbons (Fsp3) is 0.438. The average molecular weight is 300 g/mol. The summed E-state index contributed by atoms with van der Waals surface area (Å²) >= 11 is 0. The van der Waals surface area contributed by atoms with Crippen molar-refractivity contribution in [1.82, 2.24) is 19.9 Å². The number of amides is 1. The third-order valence-electron chi connectivity index (χ3n) is 3.56. The van der Waals surface area contributed by atoms with Gasteiger partial charge in [0.25, 0.3) is 0 Å². The Labute approximate surface area is 129 Å². The standard InChI is InChI=1S/C16H20N4O2/c1-16(2,3)22-15(21)19-10-13-9-17-18-20(13)11-14(19)12-7-5-4-6-8-12/h4-9,14H,10-11H2,1-3H3/t14-/m1/s1. The van der Waals surface area contributed by atoms with Crippen molar-refractivity contribution in [1.29, 1.82) is 0 Å². The predicted octanol–water partition coefficient (Wildman–Crippen LogP) is 2.77. The van der Waals surface area contributed by atoms with Gasteiger partial charge in [0, 0.05) is 0 Å². The Morgan fingerprint density at radius 3 is 2.68 bits per heavy atom. The summed E-state index contributed by atoms with van der Waals surface area (Å²) in [6, 6.07) is 9.84. The molecule has 0 fully saturated rings. The SMILES string of the molecule is CC(C)(C)OC(=O)N1Cc2cnnn2C[C@@H]1c1ccccc1. The first-order chi connectivity index (χ1) is 10.4. The van der Waals surface area contributed by atoms with Crippen LogP contribution < -0.4 is 0 Å². The zero-order chi connectivity index (χ0) is 15.7. The number of fused-ring (bicyclic) bond motifs is 1. The lowest BCUT2D eigenvalue weighted by molar-refractivity contribution is 0.00625. The number of nitrogens with zero attached hydrogens (tertiary/aromatic N) is 4. The van der Waals surface area contributed by atoms with E-state index in [-0.39, 0.29) is 12.1 Å². The minimum absolute atomic E-state index is 0.106. The van der Waals surface area contributed by atoms with Gasteiger partial charge in [-0.15, -0.1) is 5.10 Å². The molecule has 2 heterocycles. The molecule has 0 aliphatic carbocycles. The van der Waals surface area contributed by atoms with E-state index in [1.807, 2.05) is 55.8 Å². The van der Waals surface area contributed by atoms with Gasteiger partial charge in [0.1, 0.15) is 5.60 Å². The number of carbonyl (C=O) groups excluding carboxylic acids is 1. The lowest BCUT2D eigenvalue weighted by Crippen LogP contribution is -2.43. The topological polar surface area (TPSA) is 60.2 Å². The molecule has 1 aromatic carbocycles. The molecular weight excluding hydrogens is 280 g/mol. The second-order valence-corrected chi connectivity index (χ2v) is 6.44. The highest BCUT2D eigenvalue weighted by atomic mass is 16.6. The van der Waals surface area contributed by atoms with Crippen molar-refractivity contribution >= 4 is 6.09 Å². The van der Waals surface area contributed by atoms with E-state index in [1.165, 1.54) is 0 Å². The van der Waals surface area contributed by atoms with E-state index >= 15 is 0 Å². The molecule has 2 aromatic rings. The highest BCUT2D eigenvalue weighted by Crippen LogP contribution is 2.30. The minimum atomic E-state index is -0.520. The smallest absolute Gasteiger partial charge is 0.411 e. The van der Waals surface area contributed by atoms with Gasteiger partial charge in [-0.1, -0.05) is 35.5 Å². The summed E-state index contributed by atoms with van der Waals surface area (Å²) in [6.45, 7) is 6.65. The summed E-state index contributed by atoms with van der Waals surface area (Å²) in [5, 5.41) is 8.02. The molecule has 1 amide bonds. The second kappa shape index (κ2) is 5.44. The first-order valence-electron chi connectivity index (χ1n) is 7.36. The molecule has 0 saturated heterocycles. The van der Waals surface area contributed by atoms with Gasteiger partial charge in [0.05, 0.1) is 31.0 Å². The molecule has 6 heteroatoms. The molecule has 0 N–H and O–H groups in total. The van der Waals surface area contributed by atoms with Crippen molar-refractivity contribution in [3.63, 3.8) is 0 Å². The Bertz CT molecular complexity index is 660. The Morgan fingerprint density at radius 2 is 2.00 bits per heavy atom. The molecule has 0 bridgehead atoms. The second-order valence-electron chi connectivity index (χ2n) is 6.44. The average Bonchev–Trinajstić information content (AvgIpc) is 2.92. The first kappa shape index (κ1) is 14.6. The van der Waals surface area contributed by atoms with Gasteiger partial charge in [-0.25, -0.2) is 9.48 Å². The summed E-state index contributed by atoms with van der Waals surface area (Å²) < 4.78 is 7.40. The van der Waals surface area contributed by atoms with E-state index in [9.17, 15) is 4.79 Å². The van der Waals surface area contributed by atoms with Crippen LogP contribution in [0.1, 0.15) is 38.1 Å². The summed E-state index contributed by atoms with van der Waals surface area (Å²) in [5.74, 6) is 0. The number of carbonyl (C=O) groups is 1. The van der Waals surface area contributed by atoms with Crippen LogP contribution in [-0.2, 0) is 17.8 Å². The van der Waals surface area contributed by atoms with Crippen LogP contribution >= 0.6 is 0 Å². The first-order valence-corrected chi connectivity index (χ1v) is 7.36. The maximum Gasteiger partial charge on any atom is 0.411 e. The number of benzene rings is 1. The fourth-order valence-corrected chi connectivity index (χ4v) is 2.58. The normalized spacial score (nSPS) is 18.0. The Kier molecular flexibility index (Phi) is 3.60. The lowest BCUT2D eigenvalue weighted by atomic mass is 10.0. The molecule has 1 aliphatic heterocycles. The summed E-state index contributed by atoms with van der Waals surface area (Å²) in [4.78, 5) is 14.3. The van der Waals surface area contributed by atoms with Crippen LogP contribution in [0.4, 0.5) is 4.79 Å². The Hall–Kier alpha value is -2.37. The van der Waals surface area contributed by atoms with E-state index in [1.54, 1.807) is 11.1 Å². The van der Waals surface area contributed by atoms with Crippen molar-refractivity contribution in [3.8, 4) is 0 Å². The quantitative estimate of drug-likeness (QED) is 0.812. The maximum absolute atomic E-state index is 12.6. The number of hydrogen-bond donors (Lipinski definition) is 0. The zero-order valence-electron chi connectivity index (χ0n) is 13.1. The van der Waals surface area contributed by atoms with Crippen LogP contribution in [0.15, 0.2) is 36.5 Å². The molecular formula is C16H20N4O2. The molecule has 22 heavy (non-hydrogen) atoms. The zero-order valence-corrected chi connectivity index (χ0v) is 13.1. The highest BCUT2D eigenvalue weighted by Gasteiger charge is 2.34. The summed E-state index contributed by atoms with van der Waals surface area (Å²) in [6.07, 6.45) is 1.38. The lowest BCUT2D eigenvalue weighted by Gasteiger charge is -2.36. The van der Waals surface area contributed by atoms with E-state index < -0.39 is 5.60 Å². The molecule has 116 valence electrons. The molecule has 0 spiro atoms. The van der Waals surface area contributed by atoms with Crippen LogP contribution in [0, 0.1) is 0 Å². The highest BCUT2D eigenvalue weighted by molar-refractivity contribution is 5.69. The molecule has 1 atom stereocenters. The Balaban J connectivity index is 1.92. The van der Waals surface area contributed by atoms with E-state index in [2.05, 4.69) is 10.3 Å². The molecule has 0 saturated carbocycles. The van der Waals surface area contributed by atoms with Gasteiger partial charge in [-0.05, 0) is 26.3 Å². The van der Waals surface area contributed by atoms with Crippen molar-refractivity contribution < 1.29 is 9.53 Å². The fourth-order valence-electron chi connectivity index (χ4n) is 2.58. The Morgan fingerprint density at radius 1 is 1.27 bits per heavy atom. The summed E-state index contributed by atoms with van der Waals surface area (Å²) in [5.41, 5.74) is 1.46. The molecule has 0 radical (unpaired) electrons. The van der Waals surface area contributed by atoms with Gasteiger partial charge in [-0.2, -0.15) is 0 Å². The third-order valence-corrected chi connectivity index (χ3v) is 3.56. The molecule has 0 unspecified atom stereocenters. The van der Waals surface area contributed by atoms with Crippen LogP contribution in [0.5, 0.6) is 0 Å². The van der Waals surface area contributed by atoms with Crippen molar-refractivity contribution in [2.24, 2.45) is 0 Å². The number of hydrogen-bond acceptors (Lipinski definition) is 4. The molecule has 6 nitrogen and oxygen atoms in total.